The van der Waals surface area contributed by atoms with Crippen LogP contribution >= 0.6 is 0 Å². The van der Waals surface area contributed by atoms with Gasteiger partial charge in [0.05, 0.1) is 4.90 Å². The Morgan fingerprint density at radius 1 is 1.11 bits per heavy atom. The van der Waals surface area contributed by atoms with Gasteiger partial charge in [-0.25, -0.2) is 13.9 Å². The molecule has 2 aromatic rings. The van der Waals surface area contributed by atoms with E-state index in [2.05, 4.69) is 0 Å². The third-order valence-electron chi connectivity index (χ3n) is 4.72. The number of nitrogens with one attached hydrogen (secondary N) is 1. The predicted octanol–water partition coefficient (Wildman–Crippen LogP) is 3.80. The number of hydroxylamine groups is 1. The molecule has 0 saturated heterocycles. The summed E-state index contributed by atoms with van der Waals surface area (Å²) in [7, 11) is -3.96. The number of amides is 1. The van der Waals surface area contributed by atoms with Crippen LogP contribution in [0.5, 0.6) is 0 Å². The van der Waals surface area contributed by atoms with Gasteiger partial charge in [0.2, 0.25) is 10.0 Å². The van der Waals surface area contributed by atoms with E-state index in [0.717, 1.165) is 10.8 Å². The molecule has 0 heterocycles. The second-order valence-electron chi connectivity index (χ2n) is 8.55. The normalized spacial score (nSPS) is 13.9. The lowest BCUT2D eigenvalue weighted by Crippen LogP contribution is -2.55. The quantitative estimate of drug-likeness (QED) is 0.541. The summed E-state index contributed by atoms with van der Waals surface area (Å²) >= 11 is 0. The van der Waals surface area contributed by atoms with Crippen molar-refractivity contribution in [3.05, 3.63) is 42.5 Å². The molecule has 2 N–H and O–H groups in total. The number of carbonyl (C=O) groups is 1. The number of rotatable bonds is 7. The van der Waals surface area contributed by atoms with E-state index in [0.29, 0.717) is 6.42 Å². The van der Waals surface area contributed by atoms with Crippen molar-refractivity contribution in [1.82, 2.24) is 9.79 Å². The summed E-state index contributed by atoms with van der Waals surface area (Å²) in [6.45, 7) is 9.53. The summed E-state index contributed by atoms with van der Waals surface area (Å²) in [5, 5.41) is 11.0. The van der Waals surface area contributed by atoms with Crippen molar-refractivity contribution in [1.29, 1.82) is 0 Å². The van der Waals surface area contributed by atoms with Crippen molar-refractivity contribution >= 4 is 26.7 Å². The zero-order valence-electron chi connectivity index (χ0n) is 17.1. The van der Waals surface area contributed by atoms with Crippen LogP contribution in [0.15, 0.2) is 47.4 Å². The van der Waals surface area contributed by atoms with Crippen LogP contribution in [0.2, 0.25) is 0 Å². The van der Waals surface area contributed by atoms with Gasteiger partial charge < -0.3 is 0 Å². The van der Waals surface area contributed by atoms with Crippen LogP contribution in [-0.4, -0.2) is 36.4 Å². The molecule has 0 aromatic heterocycles. The van der Waals surface area contributed by atoms with Gasteiger partial charge in [-0.15, -0.1) is 0 Å². The summed E-state index contributed by atoms with van der Waals surface area (Å²) in [6.07, 6.45) is 0.595. The summed E-state index contributed by atoms with van der Waals surface area (Å²) in [6, 6.07) is 11.4. The smallest absolute Gasteiger partial charge is 0.262 e. The lowest BCUT2D eigenvalue weighted by atomic mass is 9.86. The van der Waals surface area contributed by atoms with Gasteiger partial charge in [-0.3, -0.25) is 10.0 Å². The van der Waals surface area contributed by atoms with Crippen LogP contribution in [0.3, 0.4) is 0 Å². The fourth-order valence-electron chi connectivity index (χ4n) is 3.25. The molecule has 0 saturated carbocycles. The first kappa shape index (κ1) is 22.3. The van der Waals surface area contributed by atoms with Crippen molar-refractivity contribution in [3.63, 3.8) is 0 Å². The molecule has 28 heavy (non-hydrogen) atoms. The SMILES string of the molecule is CC(C)CCN([C@@H](C(=O)NO)C(C)(C)C)S(=O)(=O)c1ccc2ccccc2c1. The molecule has 2 aromatic carbocycles. The Bertz CT molecular complexity index is 933. The molecule has 0 aliphatic rings. The number of sulfonamides is 1. The number of hydrogen-bond acceptors (Lipinski definition) is 4. The highest BCUT2D eigenvalue weighted by Crippen LogP contribution is 2.31. The Balaban J connectivity index is 2.59. The first-order valence-corrected chi connectivity index (χ1v) is 10.9. The maximum absolute atomic E-state index is 13.6. The van der Waals surface area contributed by atoms with Crippen molar-refractivity contribution in [2.75, 3.05) is 6.54 Å². The fourth-order valence-corrected chi connectivity index (χ4v) is 5.08. The molecule has 1 atom stereocenters. The maximum Gasteiger partial charge on any atom is 0.262 e. The molecule has 0 aliphatic heterocycles. The average molecular weight is 407 g/mol. The van der Waals surface area contributed by atoms with E-state index in [1.54, 1.807) is 44.5 Å². The Morgan fingerprint density at radius 2 is 1.71 bits per heavy atom. The zero-order valence-corrected chi connectivity index (χ0v) is 18.0. The number of nitrogens with zero attached hydrogens (tertiary/aromatic N) is 1. The minimum Gasteiger partial charge on any atom is -0.289 e. The maximum atomic E-state index is 13.6. The van der Waals surface area contributed by atoms with Gasteiger partial charge >= 0.3 is 0 Å². The summed E-state index contributed by atoms with van der Waals surface area (Å²) in [4.78, 5) is 12.6. The van der Waals surface area contributed by atoms with Crippen LogP contribution < -0.4 is 5.48 Å². The van der Waals surface area contributed by atoms with E-state index >= 15 is 0 Å². The lowest BCUT2D eigenvalue weighted by Gasteiger charge is -2.38. The highest BCUT2D eigenvalue weighted by Gasteiger charge is 2.42. The molecule has 2 rings (SSSR count). The second-order valence-corrected chi connectivity index (χ2v) is 10.4. The minimum atomic E-state index is -3.96. The molecule has 0 aliphatic carbocycles. The Labute approximate surface area is 167 Å². The van der Waals surface area contributed by atoms with Crippen LogP contribution in [-0.2, 0) is 14.8 Å². The van der Waals surface area contributed by atoms with Crippen molar-refractivity contribution < 1.29 is 18.4 Å². The van der Waals surface area contributed by atoms with Crippen LogP contribution in [0.4, 0.5) is 0 Å². The molecular weight excluding hydrogens is 376 g/mol. The highest BCUT2D eigenvalue weighted by molar-refractivity contribution is 7.89. The summed E-state index contributed by atoms with van der Waals surface area (Å²) in [5.41, 5.74) is 0.933. The van der Waals surface area contributed by atoms with Gasteiger partial charge in [0, 0.05) is 6.54 Å². The second kappa shape index (κ2) is 8.59. The van der Waals surface area contributed by atoms with Gasteiger partial charge in [-0.05, 0) is 40.7 Å². The first-order chi connectivity index (χ1) is 13.0. The molecule has 0 bridgehead atoms. The highest BCUT2D eigenvalue weighted by atomic mass is 32.2. The van der Waals surface area contributed by atoms with Gasteiger partial charge in [-0.2, -0.15) is 4.31 Å². The monoisotopic (exact) mass is 406 g/mol. The van der Waals surface area contributed by atoms with E-state index in [4.69, 9.17) is 0 Å². The largest absolute Gasteiger partial charge is 0.289 e. The van der Waals surface area contributed by atoms with E-state index in [1.807, 2.05) is 38.1 Å². The van der Waals surface area contributed by atoms with Crippen molar-refractivity contribution in [2.24, 2.45) is 11.3 Å². The van der Waals surface area contributed by atoms with Crippen LogP contribution in [0.1, 0.15) is 41.0 Å². The molecule has 154 valence electrons. The van der Waals surface area contributed by atoms with Gasteiger partial charge in [0.15, 0.2) is 0 Å². The zero-order chi connectivity index (χ0) is 21.1. The standard InChI is InChI=1S/C21H30N2O4S/c1-15(2)12-13-23(19(20(24)22-25)21(3,4)5)28(26,27)18-11-10-16-8-6-7-9-17(16)14-18/h6-11,14-15,19,25H,12-13H2,1-5H3,(H,22,24)/t19-/m0/s1. The van der Waals surface area contributed by atoms with Crippen molar-refractivity contribution in [2.45, 2.75) is 52.0 Å². The van der Waals surface area contributed by atoms with Gasteiger partial charge in [-0.1, -0.05) is 65.0 Å². The molecule has 0 unspecified atom stereocenters. The van der Waals surface area contributed by atoms with E-state index in [9.17, 15) is 18.4 Å². The van der Waals surface area contributed by atoms with Crippen LogP contribution in [0.25, 0.3) is 10.8 Å². The third kappa shape index (κ3) is 4.90. The van der Waals surface area contributed by atoms with Gasteiger partial charge in [0.1, 0.15) is 6.04 Å². The fraction of sp³-hybridized carbons (Fsp3) is 0.476. The molecular formula is C21H30N2O4S. The molecule has 7 heteroatoms. The number of benzene rings is 2. The van der Waals surface area contributed by atoms with Gasteiger partial charge in [0.25, 0.3) is 5.91 Å². The molecule has 1 amide bonds. The number of carbonyl (C=O) groups excluding carboxylic acids is 1. The average Bonchev–Trinajstić information content (AvgIpc) is 2.62. The Kier molecular flexibility index (Phi) is 6.85. The Hall–Kier alpha value is -1.96. The van der Waals surface area contributed by atoms with E-state index < -0.39 is 27.4 Å². The summed E-state index contributed by atoms with van der Waals surface area (Å²) in [5.74, 6) is -0.479. The predicted molar refractivity (Wildman–Crippen MR) is 110 cm³/mol. The third-order valence-corrected chi connectivity index (χ3v) is 6.58. The molecule has 0 spiro atoms. The molecule has 0 fully saturated rings. The van der Waals surface area contributed by atoms with Crippen LogP contribution in [0, 0.1) is 11.3 Å². The number of fused-ring (bicyclic) bond motifs is 1. The Morgan fingerprint density at radius 3 is 2.25 bits per heavy atom. The summed E-state index contributed by atoms with van der Waals surface area (Å²) < 4.78 is 28.3. The number of hydrogen-bond donors (Lipinski definition) is 2. The lowest BCUT2D eigenvalue weighted by molar-refractivity contribution is -0.136. The van der Waals surface area contributed by atoms with Crippen molar-refractivity contribution in [3.8, 4) is 0 Å². The minimum absolute atomic E-state index is 0.134. The molecule has 0 radical (unpaired) electrons. The first-order valence-electron chi connectivity index (χ1n) is 9.43. The topological polar surface area (TPSA) is 86.7 Å². The van der Waals surface area contributed by atoms with E-state index in [-0.39, 0.29) is 17.4 Å². The van der Waals surface area contributed by atoms with E-state index in [1.165, 1.54) is 4.31 Å². The molecule has 6 nitrogen and oxygen atoms in total.